The molecule has 6 nitrogen and oxygen atoms in total. The molecule has 1 aliphatic rings. The molecule has 0 saturated heterocycles. The van der Waals surface area contributed by atoms with Gasteiger partial charge in [-0.3, -0.25) is 9.78 Å². The predicted molar refractivity (Wildman–Crippen MR) is 65.8 cm³/mol. The minimum atomic E-state index is -0.492. The second-order valence-corrected chi connectivity index (χ2v) is 4.50. The van der Waals surface area contributed by atoms with Crippen LogP contribution in [0.2, 0.25) is 0 Å². The monoisotopic (exact) mass is 250 g/mol. The highest BCUT2D eigenvalue weighted by atomic mass is 16.5. The highest BCUT2D eigenvalue weighted by Crippen LogP contribution is 2.29. The van der Waals surface area contributed by atoms with E-state index in [1.807, 2.05) is 0 Å². The average Bonchev–Trinajstić information content (AvgIpc) is 3.19. The highest BCUT2D eigenvalue weighted by Gasteiger charge is 2.34. The van der Waals surface area contributed by atoms with Crippen LogP contribution in [-0.2, 0) is 11.3 Å². The summed E-state index contributed by atoms with van der Waals surface area (Å²) in [5.74, 6) is 0.408. The van der Waals surface area contributed by atoms with Gasteiger partial charge in [-0.15, -0.1) is 0 Å². The molecule has 2 N–H and O–H groups in total. The maximum absolute atomic E-state index is 12.0. The first-order chi connectivity index (χ1) is 8.63. The van der Waals surface area contributed by atoms with Gasteiger partial charge in [0.1, 0.15) is 5.69 Å². The fourth-order valence-corrected chi connectivity index (χ4v) is 1.83. The number of carbonyl (C=O) groups is 1. The number of aromatic nitrogens is 2. The maximum atomic E-state index is 12.0. The van der Waals surface area contributed by atoms with E-state index in [2.05, 4.69) is 9.97 Å². The summed E-state index contributed by atoms with van der Waals surface area (Å²) in [5, 5.41) is 0. The number of hydrogen-bond donors (Lipinski definition) is 1. The second kappa shape index (κ2) is 5.30. The number of rotatable bonds is 5. The lowest BCUT2D eigenvalue weighted by Crippen LogP contribution is -2.43. The topological polar surface area (TPSA) is 81.3 Å². The first-order valence-electron chi connectivity index (χ1n) is 6.03. The fraction of sp³-hybridized carbons (Fsp3) is 0.583. The molecule has 1 amide bonds. The number of methoxy groups -OCH3 is 1. The number of carbonyl (C=O) groups excluding carboxylic acids is 1. The molecule has 1 aliphatic carbocycles. The lowest BCUT2D eigenvalue weighted by atomic mass is 10.2. The second-order valence-electron chi connectivity index (χ2n) is 4.50. The van der Waals surface area contributed by atoms with E-state index in [1.165, 1.54) is 0 Å². The third-order valence-corrected chi connectivity index (χ3v) is 2.91. The van der Waals surface area contributed by atoms with Gasteiger partial charge in [-0.2, -0.15) is 0 Å². The van der Waals surface area contributed by atoms with Gasteiger partial charge in [0.2, 0.25) is 11.8 Å². The lowest BCUT2D eigenvalue weighted by molar-refractivity contribution is -0.133. The van der Waals surface area contributed by atoms with Crippen LogP contribution < -0.4 is 10.5 Å². The van der Waals surface area contributed by atoms with Gasteiger partial charge >= 0.3 is 0 Å². The number of nitrogens with zero attached hydrogens (tertiary/aromatic N) is 3. The summed E-state index contributed by atoms with van der Waals surface area (Å²) in [5.41, 5.74) is 6.34. The van der Waals surface area contributed by atoms with Crippen LogP contribution in [-0.4, -0.2) is 40.0 Å². The quantitative estimate of drug-likeness (QED) is 0.814. The van der Waals surface area contributed by atoms with Crippen molar-refractivity contribution in [2.45, 2.75) is 38.4 Å². The Hall–Kier alpha value is -1.69. The standard InChI is InChI=1S/C12H18N4O2/c1-8(13)12(17)16(9-3-4-9)7-10-11(18-2)15-6-5-14-10/h5-6,8-9H,3-4,7,13H2,1-2H3/t8-/m0/s1. The largest absolute Gasteiger partial charge is 0.480 e. The summed E-state index contributed by atoms with van der Waals surface area (Å²) in [7, 11) is 1.54. The number of nitrogens with two attached hydrogens (primary N) is 1. The van der Waals surface area contributed by atoms with E-state index < -0.39 is 6.04 Å². The molecule has 1 aromatic rings. The van der Waals surface area contributed by atoms with Gasteiger partial charge in [0.05, 0.1) is 19.7 Å². The Morgan fingerprint density at radius 1 is 1.56 bits per heavy atom. The number of ether oxygens (including phenoxy) is 1. The van der Waals surface area contributed by atoms with Crippen LogP contribution in [0.4, 0.5) is 0 Å². The molecular formula is C12H18N4O2. The fourth-order valence-electron chi connectivity index (χ4n) is 1.83. The van der Waals surface area contributed by atoms with Crippen molar-refractivity contribution in [2.24, 2.45) is 5.73 Å². The van der Waals surface area contributed by atoms with Crippen LogP contribution in [0.5, 0.6) is 5.88 Å². The van der Waals surface area contributed by atoms with Gasteiger partial charge in [0, 0.05) is 18.4 Å². The minimum absolute atomic E-state index is 0.0507. The Morgan fingerprint density at radius 2 is 2.22 bits per heavy atom. The Bertz CT molecular complexity index is 432. The van der Waals surface area contributed by atoms with Gasteiger partial charge in [0.25, 0.3) is 0 Å². The number of hydrogen-bond acceptors (Lipinski definition) is 5. The third kappa shape index (κ3) is 2.76. The summed E-state index contributed by atoms with van der Waals surface area (Å²) in [6, 6.07) is -0.205. The van der Waals surface area contributed by atoms with E-state index in [-0.39, 0.29) is 11.9 Å². The van der Waals surface area contributed by atoms with Crippen molar-refractivity contribution in [3.8, 4) is 5.88 Å². The number of amides is 1. The highest BCUT2D eigenvalue weighted by molar-refractivity contribution is 5.81. The normalized spacial score (nSPS) is 16.2. The summed E-state index contributed by atoms with van der Waals surface area (Å²) < 4.78 is 5.14. The molecule has 98 valence electrons. The molecule has 1 saturated carbocycles. The Labute approximate surface area is 106 Å². The molecule has 0 spiro atoms. The van der Waals surface area contributed by atoms with Crippen molar-refractivity contribution >= 4 is 5.91 Å². The summed E-state index contributed by atoms with van der Waals surface area (Å²) in [6.45, 7) is 2.10. The van der Waals surface area contributed by atoms with Gasteiger partial charge in [-0.05, 0) is 19.8 Å². The third-order valence-electron chi connectivity index (χ3n) is 2.91. The van der Waals surface area contributed by atoms with E-state index in [1.54, 1.807) is 31.3 Å². The van der Waals surface area contributed by atoms with E-state index in [0.29, 0.717) is 18.1 Å². The smallest absolute Gasteiger partial charge is 0.239 e. The molecule has 0 radical (unpaired) electrons. The first kappa shape index (κ1) is 12.8. The molecule has 1 atom stereocenters. The molecule has 1 aromatic heterocycles. The summed E-state index contributed by atoms with van der Waals surface area (Å²) >= 11 is 0. The van der Waals surface area contributed by atoms with Gasteiger partial charge in [0.15, 0.2) is 0 Å². The van der Waals surface area contributed by atoms with Crippen LogP contribution in [0.1, 0.15) is 25.5 Å². The SMILES string of the molecule is COc1nccnc1CN(C(=O)[C@H](C)N)C1CC1. The van der Waals surface area contributed by atoms with E-state index in [9.17, 15) is 4.79 Å². The van der Waals surface area contributed by atoms with Gasteiger partial charge in [-0.25, -0.2) is 4.98 Å². The molecule has 0 bridgehead atoms. The Kier molecular flexibility index (Phi) is 3.76. The van der Waals surface area contributed by atoms with E-state index >= 15 is 0 Å². The first-order valence-corrected chi connectivity index (χ1v) is 6.03. The van der Waals surface area contributed by atoms with Gasteiger partial charge < -0.3 is 15.4 Å². The van der Waals surface area contributed by atoms with Crippen LogP contribution in [0, 0.1) is 0 Å². The minimum Gasteiger partial charge on any atom is -0.480 e. The van der Waals surface area contributed by atoms with Crippen LogP contribution in [0.3, 0.4) is 0 Å². The van der Waals surface area contributed by atoms with Crippen molar-refractivity contribution in [1.29, 1.82) is 0 Å². The molecule has 1 fully saturated rings. The summed E-state index contributed by atoms with van der Waals surface area (Å²) in [4.78, 5) is 22.1. The zero-order valence-electron chi connectivity index (χ0n) is 10.7. The Morgan fingerprint density at radius 3 is 2.78 bits per heavy atom. The van der Waals surface area contributed by atoms with Crippen LogP contribution in [0.25, 0.3) is 0 Å². The molecule has 1 heterocycles. The maximum Gasteiger partial charge on any atom is 0.239 e. The molecule has 0 unspecified atom stereocenters. The summed E-state index contributed by atoms with van der Waals surface area (Å²) in [6.07, 6.45) is 5.22. The van der Waals surface area contributed by atoms with Crippen molar-refractivity contribution in [2.75, 3.05) is 7.11 Å². The van der Waals surface area contributed by atoms with E-state index in [4.69, 9.17) is 10.5 Å². The van der Waals surface area contributed by atoms with Crippen molar-refractivity contribution in [3.63, 3.8) is 0 Å². The lowest BCUT2D eigenvalue weighted by Gasteiger charge is -2.24. The van der Waals surface area contributed by atoms with Gasteiger partial charge in [-0.1, -0.05) is 0 Å². The van der Waals surface area contributed by atoms with Crippen LogP contribution >= 0.6 is 0 Å². The van der Waals surface area contributed by atoms with E-state index in [0.717, 1.165) is 12.8 Å². The zero-order valence-corrected chi connectivity index (χ0v) is 10.7. The predicted octanol–water partition coefficient (Wildman–Crippen LogP) is 0.323. The molecular weight excluding hydrogens is 232 g/mol. The van der Waals surface area contributed by atoms with Crippen molar-refractivity contribution in [3.05, 3.63) is 18.1 Å². The molecule has 18 heavy (non-hydrogen) atoms. The van der Waals surface area contributed by atoms with Crippen molar-refractivity contribution < 1.29 is 9.53 Å². The average molecular weight is 250 g/mol. The van der Waals surface area contributed by atoms with Crippen LogP contribution in [0.15, 0.2) is 12.4 Å². The molecule has 0 aliphatic heterocycles. The zero-order chi connectivity index (χ0) is 13.1. The Balaban J connectivity index is 2.16. The van der Waals surface area contributed by atoms with Crippen molar-refractivity contribution in [1.82, 2.24) is 14.9 Å². The molecule has 6 heteroatoms. The molecule has 0 aromatic carbocycles. The molecule has 2 rings (SSSR count).